The zero-order valence-corrected chi connectivity index (χ0v) is 12.3. The molecular weight excluding hydrogens is 238 g/mol. The first-order valence-corrected chi connectivity index (χ1v) is 8.14. The van der Waals surface area contributed by atoms with Gasteiger partial charge in [-0.1, -0.05) is 44.2 Å². The van der Waals surface area contributed by atoms with Crippen LogP contribution < -0.4 is 5.73 Å². The fourth-order valence-electron chi connectivity index (χ4n) is 2.69. The molecule has 3 atom stereocenters. The van der Waals surface area contributed by atoms with Crippen LogP contribution in [-0.2, 0) is 0 Å². The summed E-state index contributed by atoms with van der Waals surface area (Å²) < 4.78 is 0. The van der Waals surface area contributed by atoms with Gasteiger partial charge in [0.05, 0.1) is 0 Å². The second-order valence-corrected chi connectivity index (χ2v) is 7.12. The molecule has 100 valence electrons. The fourth-order valence-corrected chi connectivity index (χ4v) is 4.07. The molecule has 1 aliphatic rings. The third-order valence-corrected chi connectivity index (χ3v) is 5.59. The van der Waals surface area contributed by atoms with Gasteiger partial charge in [-0.2, -0.15) is 11.8 Å². The van der Waals surface area contributed by atoms with Crippen LogP contribution in [0.15, 0.2) is 30.3 Å². The van der Waals surface area contributed by atoms with Crippen LogP contribution in [0, 0.1) is 5.92 Å². The maximum atomic E-state index is 6.28. The van der Waals surface area contributed by atoms with Crippen LogP contribution in [0.3, 0.4) is 0 Å². The molecule has 0 saturated heterocycles. The standard InChI is InChI=1S/C16H25NS/c1-12(2)11-18-16-10-14(8-9-15(16)17)13-6-4-3-5-7-13/h3-7,12,14-16H,8-11,17H2,1-2H3. The van der Waals surface area contributed by atoms with Crippen LogP contribution in [-0.4, -0.2) is 17.0 Å². The number of thioether (sulfide) groups is 1. The van der Waals surface area contributed by atoms with Crippen LogP contribution >= 0.6 is 11.8 Å². The van der Waals surface area contributed by atoms with E-state index in [9.17, 15) is 0 Å². The normalized spacial score (nSPS) is 28.6. The van der Waals surface area contributed by atoms with E-state index in [0.29, 0.717) is 11.3 Å². The van der Waals surface area contributed by atoms with Gasteiger partial charge in [0.15, 0.2) is 0 Å². The summed E-state index contributed by atoms with van der Waals surface area (Å²) in [4.78, 5) is 0. The van der Waals surface area contributed by atoms with Crippen LogP contribution in [0.2, 0.25) is 0 Å². The molecule has 2 N–H and O–H groups in total. The summed E-state index contributed by atoms with van der Waals surface area (Å²) in [6.07, 6.45) is 3.68. The molecular formula is C16H25NS. The first kappa shape index (κ1) is 14.0. The van der Waals surface area contributed by atoms with E-state index in [1.807, 2.05) is 0 Å². The number of rotatable bonds is 4. The third kappa shape index (κ3) is 3.76. The largest absolute Gasteiger partial charge is 0.327 e. The second-order valence-electron chi connectivity index (χ2n) is 5.85. The first-order chi connectivity index (χ1) is 8.66. The zero-order valence-electron chi connectivity index (χ0n) is 11.5. The molecule has 1 aliphatic carbocycles. The Bertz CT molecular complexity index is 349. The van der Waals surface area contributed by atoms with Crippen LogP contribution in [0.5, 0.6) is 0 Å². The molecule has 2 heteroatoms. The van der Waals surface area contributed by atoms with Gasteiger partial charge in [0.2, 0.25) is 0 Å². The SMILES string of the molecule is CC(C)CSC1CC(c2ccccc2)CCC1N. The topological polar surface area (TPSA) is 26.0 Å². The Hall–Kier alpha value is -0.470. The Labute approximate surface area is 116 Å². The van der Waals surface area contributed by atoms with E-state index in [4.69, 9.17) is 5.73 Å². The van der Waals surface area contributed by atoms with Crippen LogP contribution in [0.4, 0.5) is 0 Å². The summed E-state index contributed by atoms with van der Waals surface area (Å²) in [5.74, 6) is 2.72. The summed E-state index contributed by atoms with van der Waals surface area (Å²) in [5.41, 5.74) is 7.78. The molecule has 18 heavy (non-hydrogen) atoms. The molecule has 0 heterocycles. The Morgan fingerprint density at radius 1 is 1.22 bits per heavy atom. The minimum absolute atomic E-state index is 0.397. The minimum Gasteiger partial charge on any atom is -0.327 e. The molecule has 2 rings (SSSR count). The van der Waals surface area contributed by atoms with Crippen molar-refractivity contribution in [3.05, 3.63) is 35.9 Å². The van der Waals surface area contributed by atoms with E-state index < -0.39 is 0 Å². The zero-order chi connectivity index (χ0) is 13.0. The van der Waals surface area contributed by atoms with E-state index in [1.54, 1.807) is 0 Å². The predicted octanol–water partition coefficient (Wildman–Crippen LogP) is 4.04. The predicted molar refractivity (Wildman–Crippen MR) is 82.1 cm³/mol. The van der Waals surface area contributed by atoms with Crippen molar-refractivity contribution >= 4 is 11.8 Å². The van der Waals surface area contributed by atoms with Gasteiger partial charge in [-0.3, -0.25) is 0 Å². The van der Waals surface area contributed by atoms with Crippen LogP contribution in [0.25, 0.3) is 0 Å². The van der Waals surface area contributed by atoms with Crippen molar-refractivity contribution in [1.82, 2.24) is 0 Å². The van der Waals surface area contributed by atoms with Crippen molar-refractivity contribution < 1.29 is 0 Å². The van der Waals surface area contributed by atoms with Gasteiger partial charge in [-0.05, 0) is 42.4 Å². The first-order valence-electron chi connectivity index (χ1n) is 7.09. The lowest BCUT2D eigenvalue weighted by atomic mass is 9.82. The molecule has 1 aromatic carbocycles. The molecule has 0 aromatic heterocycles. The number of hydrogen-bond acceptors (Lipinski definition) is 2. The monoisotopic (exact) mass is 263 g/mol. The minimum atomic E-state index is 0.397. The average Bonchev–Trinajstić information content (AvgIpc) is 2.38. The quantitative estimate of drug-likeness (QED) is 0.887. The van der Waals surface area contributed by atoms with Crippen molar-refractivity contribution in [3.8, 4) is 0 Å². The lowest BCUT2D eigenvalue weighted by molar-refractivity contribution is 0.406. The molecule has 0 aliphatic heterocycles. The van der Waals surface area contributed by atoms with E-state index >= 15 is 0 Å². The second kappa shape index (κ2) is 6.63. The van der Waals surface area contributed by atoms with Gasteiger partial charge in [0.25, 0.3) is 0 Å². The van der Waals surface area contributed by atoms with Gasteiger partial charge in [-0.15, -0.1) is 0 Å². The van der Waals surface area contributed by atoms with E-state index in [2.05, 4.69) is 55.9 Å². The van der Waals surface area contributed by atoms with Crippen molar-refractivity contribution in [2.45, 2.75) is 50.3 Å². The maximum Gasteiger partial charge on any atom is 0.0204 e. The molecule has 1 aromatic rings. The van der Waals surface area contributed by atoms with Gasteiger partial charge in [-0.25, -0.2) is 0 Å². The molecule has 1 saturated carbocycles. The molecule has 3 unspecified atom stereocenters. The van der Waals surface area contributed by atoms with E-state index in [-0.39, 0.29) is 0 Å². The molecule has 0 bridgehead atoms. The number of hydrogen-bond donors (Lipinski definition) is 1. The van der Waals surface area contributed by atoms with Crippen molar-refractivity contribution in [3.63, 3.8) is 0 Å². The van der Waals surface area contributed by atoms with Crippen LogP contribution in [0.1, 0.15) is 44.6 Å². The summed E-state index contributed by atoms with van der Waals surface area (Å²) in [6.45, 7) is 4.58. The summed E-state index contributed by atoms with van der Waals surface area (Å²) >= 11 is 2.09. The average molecular weight is 263 g/mol. The fraction of sp³-hybridized carbons (Fsp3) is 0.625. The number of nitrogens with two attached hydrogens (primary N) is 1. The number of benzene rings is 1. The van der Waals surface area contributed by atoms with E-state index in [1.165, 1.54) is 30.6 Å². The summed E-state index contributed by atoms with van der Waals surface area (Å²) in [6, 6.07) is 11.3. The highest BCUT2D eigenvalue weighted by Gasteiger charge is 2.29. The summed E-state index contributed by atoms with van der Waals surface area (Å²) in [7, 11) is 0. The van der Waals surface area contributed by atoms with Crippen molar-refractivity contribution in [2.75, 3.05) is 5.75 Å². The molecule has 0 radical (unpaired) electrons. The smallest absolute Gasteiger partial charge is 0.0204 e. The highest BCUT2D eigenvalue weighted by molar-refractivity contribution is 7.99. The molecule has 0 spiro atoms. The van der Waals surface area contributed by atoms with Gasteiger partial charge in [0.1, 0.15) is 0 Å². The van der Waals surface area contributed by atoms with E-state index in [0.717, 1.165) is 11.8 Å². The van der Waals surface area contributed by atoms with Crippen molar-refractivity contribution in [2.24, 2.45) is 11.7 Å². The van der Waals surface area contributed by atoms with Crippen molar-refractivity contribution in [1.29, 1.82) is 0 Å². The third-order valence-electron chi connectivity index (χ3n) is 3.76. The lowest BCUT2D eigenvalue weighted by Gasteiger charge is -2.34. The molecule has 1 fully saturated rings. The van der Waals surface area contributed by atoms with Gasteiger partial charge < -0.3 is 5.73 Å². The van der Waals surface area contributed by atoms with Gasteiger partial charge >= 0.3 is 0 Å². The highest BCUT2D eigenvalue weighted by Crippen LogP contribution is 2.37. The Morgan fingerprint density at radius 2 is 1.94 bits per heavy atom. The Balaban J connectivity index is 1.96. The maximum absolute atomic E-state index is 6.28. The molecule has 0 amide bonds. The summed E-state index contributed by atoms with van der Waals surface area (Å²) in [5, 5.41) is 0.645. The lowest BCUT2D eigenvalue weighted by Crippen LogP contribution is -2.38. The Kier molecular flexibility index (Phi) is 5.13. The van der Waals surface area contributed by atoms with Gasteiger partial charge in [0, 0.05) is 11.3 Å². The Morgan fingerprint density at radius 3 is 2.61 bits per heavy atom. The highest BCUT2D eigenvalue weighted by atomic mass is 32.2. The molecule has 1 nitrogen and oxygen atoms in total.